The first-order chi connectivity index (χ1) is 15.8. The minimum atomic E-state index is -4.94. The fourth-order valence-corrected chi connectivity index (χ4v) is 3.77. The first-order valence-corrected chi connectivity index (χ1v) is 10.9. The molecule has 2 heterocycles. The number of benzene rings is 2. The zero-order chi connectivity index (χ0) is 23.4. The number of alkyl halides is 2. The van der Waals surface area contributed by atoms with Gasteiger partial charge in [0, 0.05) is 24.1 Å². The van der Waals surface area contributed by atoms with Gasteiger partial charge in [-0.25, -0.2) is 23.1 Å². The summed E-state index contributed by atoms with van der Waals surface area (Å²) < 4.78 is 56.9. The number of sulfone groups is 1. The van der Waals surface area contributed by atoms with E-state index in [2.05, 4.69) is 20.4 Å². The number of carbonyl (C=O) groups excluding carboxylic acids is 1. The molecule has 12 heteroatoms. The van der Waals surface area contributed by atoms with Crippen LogP contribution in [0.2, 0.25) is 0 Å². The number of hydrogen-bond donors (Lipinski definition) is 1. The van der Waals surface area contributed by atoms with Gasteiger partial charge in [0.25, 0.3) is 5.91 Å². The second kappa shape index (κ2) is 9.12. The first kappa shape index (κ1) is 22.0. The Balaban J connectivity index is 1.48. The van der Waals surface area contributed by atoms with Crippen LogP contribution >= 0.6 is 0 Å². The number of aromatic nitrogens is 4. The van der Waals surface area contributed by atoms with Gasteiger partial charge in [-0.3, -0.25) is 4.79 Å². The number of hydrogen-bond acceptors (Lipinski definition) is 7. The van der Waals surface area contributed by atoms with Gasteiger partial charge in [0.2, 0.25) is 15.7 Å². The third-order valence-electron chi connectivity index (χ3n) is 4.37. The predicted octanol–water partition coefficient (Wildman–Crippen LogP) is 3.70. The number of nitrogens with zero attached hydrogens (tertiary/aromatic N) is 4. The van der Waals surface area contributed by atoms with Crippen molar-refractivity contribution in [2.24, 2.45) is 0 Å². The smallest absolute Gasteiger partial charge is 0.341 e. The van der Waals surface area contributed by atoms with Crippen molar-refractivity contribution in [1.29, 1.82) is 0 Å². The van der Waals surface area contributed by atoms with Gasteiger partial charge in [-0.1, -0.05) is 12.1 Å². The van der Waals surface area contributed by atoms with Crippen molar-refractivity contribution in [3.8, 4) is 17.4 Å². The summed E-state index contributed by atoms with van der Waals surface area (Å²) in [5, 5.41) is 6.57. The second-order valence-corrected chi connectivity index (χ2v) is 8.43. The summed E-state index contributed by atoms with van der Waals surface area (Å²) >= 11 is 0. The molecule has 9 nitrogen and oxygen atoms in total. The molecule has 0 aliphatic carbocycles. The standard InChI is InChI=1S/C21H15F2N5O4S/c22-21(23)33(30,31)17-5-2-1-4-16(17)20(29)27-14-6-8-15(9-7-14)32-19-12-18(24-13-25-19)28-11-3-10-26-28/h1-13,21H,(H,27,29). The van der Waals surface area contributed by atoms with Gasteiger partial charge in [0.1, 0.15) is 12.1 Å². The number of anilines is 1. The van der Waals surface area contributed by atoms with Crippen molar-refractivity contribution >= 4 is 21.4 Å². The van der Waals surface area contributed by atoms with Gasteiger partial charge < -0.3 is 10.1 Å². The highest BCUT2D eigenvalue weighted by Gasteiger charge is 2.30. The zero-order valence-electron chi connectivity index (χ0n) is 16.7. The molecule has 1 amide bonds. The number of amides is 1. The average Bonchev–Trinajstić information content (AvgIpc) is 3.35. The molecular weight excluding hydrogens is 456 g/mol. The van der Waals surface area contributed by atoms with Crippen molar-refractivity contribution in [2.45, 2.75) is 10.7 Å². The summed E-state index contributed by atoms with van der Waals surface area (Å²) in [5.74, 6) is -3.31. The van der Waals surface area contributed by atoms with E-state index >= 15 is 0 Å². The Hall–Kier alpha value is -4.19. The van der Waals surface area contributed by atoms with E-state index in [0.717, 1.165) is 12.1 Å². The van der Waals surface area contributed by atoms with E-state index in [1.54, 1.807) is 41.3 Å². The minimum absolute atomic E-state index is 0.262. The number of rotatable bonds is 7. The molecule has 0 spiro atoms. The maximum absolute atomic E-state index is 12.9. The molecule has 0 fully saturated rings. The molecule has 0 radical (unpaired) electrons. The van der Waals surface area contributed by atoms with Gasteiger partial charge in [-0.15, -0.1) is 0 Å². The summed E-state index contributed by atoms with van der Waals surface area (Å²) in [6.45, 7) is 0. The topological polar surface area (TPSA) is 116 Å². The number of ether oxygens (including phenoxy) is 1. The quantitative estimate of drug-likeness (QED) is 0.437. The van der Waals surface area contributed by atoms with Crippen molar-refractivity contribution in [1.82, 2.24) is 19.7 Å². The van der Waals surface area contributed by atoms with Crippen molar-refractivity contribution in [3.63, 3.8) is 0 Å². The number of halogens is 2. The lowest BCUT2D eigenvalue weighted by molar-refractivity contribution is 0.102. The molecule has 2 aromatic heterocycles. The minimum Gasteiger partial charge on any atom is -0.439 e. The Morgan fingerprint density at radius 1 is 1.03 bits per heavy atom. The summed E-state index contributed by atoms with van der Waals surface area (Å²) in [6.07, 6.45) is 4.65. The molecule has 0 aliphatic heterocycles. The Morgan fingerprint density at radius 3 is 2.48 bits per heavy atom. The van der Waals surface area contributed by atoms with E-state index < -0.39 is 26.4 Å². The average molecular weight is 471 g/mol. The van der Waals surface area contributed by atoms with Gasteiger partial charge in [-0.05, 0) is 42.5 Å². The van der Waals surface area contributed by atoms with Crippen LogP contribution < -0.4 is 10.1 Å². The SMILES string of the molecule is O=C(Nc1ccc(Oc2cc(-n3cccn3)ncn2)cc1)c1ccccc1S(=O)(=O)C(F)F. The third-order valence-corrected chi connectivity index (χ3v) is 5.81. The van der Waals surface area contributed by atoms with E-state index in [0.29, 0.717) is 17.3 Å². The third kappa shape index (κ3) is 4.85. The highest BCUT2D eigenvalue weighted by molar-refractivity contribution is 7.91. The molecular formula is C21H15F2N5O4S. The van der Waals surface area contributed by atoms with E-state index in [1.807, 2.05) is 0 Å². The van der Waals surface area contributed by atoms with Crippen LogP contribution in [0.3, 0.4) is 0 Å². The van der Waals surface area contributed by atoms with Crippen molar-refractivity contribution in [3.05, 3.63) is 84.9 Å². The molecule has 0 bridgehead atoms. The van der Waals surface area contributed by atoms with Gasteiger partial charge >= 0.3 is 5.76 Å². The van der Waals surface area contributed by atoms with Crippen LogP contribution in [-0.2, 0) is 9.84 Å². The van der Waals surface area contributed by atoms with E-state index in [1.165, 1.54) is 30.6 Å². The highest BCUT2D eigenvalue weighted by Crippen LogP contribution is 2.25. The molecule has 0 saturated heterocycles. The summed E-state index contributed by atoms with van der Waals surface area (Å²) in [4.78, 5) is 20.0. The van der Waals surface area contributed by atoms with Crippen LogP contribution in [0, 0.1) is 0 Å². The van der Waals surface area contributed by atoms with Crippen LogP contribution in [0.4, 0.5) is 14.5 Å². The molecule has 0 unspecified atom stereocenters. The van der Waals surface area contributed by atoms with Gasteiger partial charge in [-0.2, -0.15) is 13.9 Å². The second-order valence-electron chi connectivity index (χ2n) is 6.55. The first-order valence-electron chi connectivity index (χ1n) is 9.37. The van der Waals surface area contributed by atoms with Crippen LogP contribution in [0.1, 0.15) is 10.4 Å². The maximum Gasteiger partial charge on any atom is 0.341 e. The van der Waals surface area contributed by atoms with Crippen LogP contribution in [-0.4, -0.2) is 39.8 Å². The lowest BCUT2D eigenvalue weighted by Crippen LogP contribution is -2.19. The lowest BCUT2D eigenvalue weighted by atomic mass is 10.2. The molecule has 0 saturated carbocycles. The van der Waals surface area contributed by atoms with Crippen molar-refractivity contribution < 1.29 is 26.7 Å². The summed E-state index contributed by atoms with van der Waals surface area (Å²) in [5.41, 5.74) is -0.0817. The molecule has 0 aliphatic rings. The largest absolute Gasteiger partial charge is 0.439 e. The number of nitrogens with one attached hydrogen (secondary N) is 1. The van der Waals surface area contributed by atoms with Crippen molar-refractivity contribution in [2.75, 3.05) is 5.32 Å². The molecule has 2 aromatic carbocycles. The Kier molecular flexibility index (Phi) is 6.09. The molecule has 168 valence electrons. The Morgan fingerprint density at radius 2 is 1.79 bits per heavy atom. The van der Waals surface area contributed by atoms with Crippen LogP contribution in [0.25, 0.3) is 5.82 Å². The predicted molar refractivity (Wildman–Crippen MR) is 113 cm³/mol. The van der Waals surface area contributed by atoms with E-state index in [4.69, 9.17) is 4.74 Å². The fraction of sp³-hybridized carbons (Fsp3) is 0.0476. The fourth-order valence-electron chi connectivity index (χ4n) is 2.84. The molecule has 4 aromatic rings. The zero-order valence-corrected chi connectivity index (χ0v) is 17.5. The van der Waals surface area contributed by atoms with Gasteiger partial charge in [0.15, 0.2) is 5.82 Å². The number of carbonyl (C=O) groups is 1. The van der Waals surface area contributed by atoms with Crippen LogP contribution in [0.15, 0.2) is 84.3 Å². The van der Waals surface area contributed by atoms with Gasteiger partial charge in [0.05, 0.1) is 10.5 Å². The molecule has 1 N–H and O–H groups in total. The van der Waals surface area contributed by atoms with E-state index in [-0.39, 0.29) is 11.4 Å². The van der Waals surface area contributed by atoms with E-state index in [9.17, 15) is 22.0 Å². The molecule has 0 atom stereocenters. The molecule has 33 heavy (non-hydrogen) atoms. The lowest BCUT2D eigenvalue weighted by Gasteiger charge is -2.11. The Labute approximate surface area is 186 Å². The summed E-state index contributed by atoms with van der Waals surface area (Å²) in [6, 6.07) is 14.2. The maximum atomic E-state index is 12.9. The monoisotopic (exact) mass is 471 g/mol. The Bertz CT molecular complexity index is 1380. The van der Waals surface area contributed by atoms with Crippen LogP contribution in [0.5, 0.6) is 11.6 Å². The highest BCUT2D eigenvalue weighted by atomic mass is 32.2. The molecule has 4 rings (SSSR count). The summed E-state index contributed by atoms with van der Waals surface area (Å²) in [7, 11) is -4.94. The normalized spacial score (nSPS) is 11.4.